The molecule has 0 aliphatic rings. The second kappa shape index (κ2) is 4.68. The summed E-state index contributed by atoms with van der Waals surface area (Å²) in [6, 6.07) is 8.47. The topological polar surface area (TPSA) is 52.0 Å². The van der Waals surface area contributed by atoms with E-state index in [0.29, 0.717) is 11.3 Å². The van der Waals surface area contributed by atoms with Crippen molar-refractivity contribution in [1.29, 1.82) is 0 Å². The monoisotopic (exact) mass is 294 g/mol. The Kier molecular flexibility index (Phi) is 3.00. The molecule has 0 saturated heterocycles. The van der Waals surface area contributed by atoms with Gasteiger partial charge in [-0.2, -0.15) is 0 Å². The van der Waals surface area contributed by atoms with E-state index in [2.05, 4.69) is 5.16 Å². The molecule has 2 aromatic heterocycles. The number of nitrogens with zero attached hydrogens (tertiary/aromatic N) is 1. The molecule has 3 aromatic rings. The van der Waals surface area contributed by atoms with E-state index in [1.54, 1.807) is 12.1 Å². The van der Waals surface area contributed by atoms with Gasteiger partial charge in [-0.25, -0.2) is 4.39 Å². The second-order valence-electron chi connectivity index (χ2n) is 3.85. The molecule has 3 nitrogen and oxygen atoms in total. The predicted molar refractivity (Wildman–Crippen MR) is 74.6 cm³/mol. The number of nitrogen functional groups attached to an aromatic ring is 1. The van der Waals surface area contributed by atoms with Gasteiger partial charge in [-0.15, -0.1) is 11.3 Å². The van der Waals surface area contributed by atoms with Crippen LogP contribution in [0.15, 0.2) is 40.2 Å². The van der Waals surface area contributed by atoms with Crippen molar-refractivity contribution >= 4 is 28.8 Å². The fraction of sp³-hybridized carbons (Fsp3) is 0. The first kappa shape index (κ1) is 12.2. The Hall–Kier alpha value is -1.85. The van der Waals surface area contributed by atoms with Crippen LogP contribution in [0.5, 0.6) is 0 Å². The molecule has 0 bridgehead atoms. The summed E-state index contributed by atoms with van der Waals surface area (Å²) in [4.78, 5) is 0.832. The van der Waals surface area contributed by atoms with Crippen molar-refractivity contribution in [2.45, 2.75) is 0 Å². The van der Waals surface area contributed by atoms with Crippen molar-refractivity contribution in [3.63, 3.8) is 0 Å². The SMILES string of the molecule is Nc1noc(-c2cccs2)c1-c1cccc(Cl)c1F. The minimum Gasteiger partial charge on any atom is -0.380 e. The Morgan fingerprint density at radius 1 is 1.26 bits per heavy atom. The summed E-state index contributed by atoms with van der Waals surface area (Å²) in [5, 5.41) is 5.65. The van der Waals surface area contributed by atoms with Gasteiger partial charge in [-0.3, -0.25) is 0 Å². The lowest BCUT2D eigenvalue weighted by molar-refractivity contribution is 0.437. The average molecular weight is 295 g/mol. The van der Waals surface area contributed by atoms with Gasteiger partial charge in [-0.05, 0) is 17.5 Å². The van der Waals surface area contributed by atoms with Crippen LogP contribution in [0.1, 0.15) is 0 Å². The van der Waals surface area contributed by atoms with Gasteiger partial charge in [0.1, 0.15) is 5.82 Å². The molecular formula is C13H8ClFN2OS. The Morgan fingerprint density at radius 2 is 2.11 bits per heavy atom. The molecule has 6 heteroatoms. The van der Waals surface area contributed by atoms with Gasteiger partial charge in [0.25, 0.3) is 0 Å². The number of halogens is 2. The van der Waals surface area contributed by atoms with Gasteiger partial charge in [0, 0.05) is 5.56 Å². The number of nitrogens with two attached hydrogens (primary N) is 1. The maximum absolute atomic E-state index is 14.1. The molecule has 0 saturated carbocycles. The summed E-state index contributed by atoms with van der Waals surface area (Å²) in [7, 11) is 0. The first-order valence-electron chi connectivity index (χ1n) is 5.42. The van der Waals surface area contributed by atoms with E-state index >= 15 is 0 Å². The van der Waals surface area contributed by atoms with E-state index < -0.39 is 5.82 Å². The average Bonchev–Trinajstić information content (AvgIpc) is 3.02. The van der Waals surface area contributed by atoms with Crippen LogP contribution in [-0.2, 0) is 0 Å². The zero-order valence-corrected chi connectivity index (χ0v) is 11.1. The number of benzene rings is 1. The van der Waals surface area contributed by atoms with Crippen LogP contribution in [0.4, 0.5) is 10.2 Å². The van der Waals surface area contributed by atoms with Crippen molar-refractivity contribution < 1.29 is 8.91 Å². The Morgan fingerprint density at radius 3 is 2.84 bits per heavy atom. The van der Waals surface area contributed by atoms with Gasteiger partial charge in [0.2, 0.25) is 0 Å². The number of thiophene rings is 1. The van der Waals surface area contributed by atoms with Gasteiger partial charge in [0.05, 0.1) is 15.5 Å². The van der Waals surface area contributed by atoms with E-state index in [0.717, 1.165) is 4.88 Å². The van der Waals surface area contributed by atoms with Crippen LogP contribution in [0.2, 0.25) is 5.02 Å². The molecule has 3 rings (SSSR count). The molecule has 0 aliphatic heterocycles. The number of hydrogen-bond acceptors (Lipinski definition) is 4. The minimum absolute atomic E-state index is 0.0372. The van der Waals surface area contributed by atoms with Crippen LogP contribution < -0.4 is 5.73 Å². The molecule has 0 atom stereocenters. The zero-order chi connectivity index (χ0) is 13.4. The first-order chi connectivity index (χ1) is 9.18. The van der Waals surface area contributed by atoms with E-state index in [1.165, 1.54) is 17.4 Å². The fourth-order valence-corrected chi connectivity index (χ4v) is 2.72. The molecule has 0 unspecified atom stereocenters. The molecule has 19 heavy (non-hydrogen) atoms. The summed E-state index contributed by atoms with van der Waals surface area (Å²) in [6.07, 6.45) is 0. The van der Waals surface area contributed by atoms with Gasteiger partial charge in [-0.1, -0.05) is 35.0 Å². The third-order valence-corrected chi connectivity index (χ3v) is 3.84. The second-order valence-corrected chi connectivity index (χ2v) is 5.21. The molecule has 2 N–H and O–H groups in total. The van der Waals surface area contributed by atoms with Crippen LogP contribution in [-0.4, -0.2) is 5.16 Å². The number of anilines is 1. The molecule has 0 spiro atoms. The third-order valence-electron chi connectivity index (χ3n) is 2.68. The van der Waals surface area contributed by atoms with E-state index in [4.69, 9.17) is 21.9 Å². The smallest absolute Gasteiger partial charge is 0.186 e. The van der Waals surface area contributed by atoms with E-state index in [-0.39, 0.29) is 16.4 Å². The number of aromatic nitrogens is 1. The summed E-state index contributed by atoms with van der Waals surface area (Å²) >= 11 is 7.26. The van der Waals surface area contributed by atoms with Crippen molar-refractivity contribution in [3.8, 4) is 21.8 Å². The normalized spacial score (nSPS) is 10.8. The fourth-order valence-electron chi connectivity index (χ4n) is 1.84. The Balaban J connectivity index is 2.26. The minimum atomic E-state index is -0.531. The molecule has 96 valence electrons. The Bertz CT molecular complexity index is 724. The largest absolute Gasteiger partial charge is 0.380 e. The van der Waals surface area contributed by atoms with E-state index in [1.807, 2.05) is 17.5 Å². The van der Waals surface area contributed by atoms with E-state index in [9.17, 15) is 4.39 Å². The highest BCUT2D eigenvalue weighted by Gasteiger charge is 2.21. The first-order valence-corrected chi connectivity index (χ1v) is 6.67. The predicted octanol–water partition coefficient (Wildman–Crippen LogP) is 4.44. The van der Waals surface area contributed by atoms with Crippen LogP contribution >= 0.6 is 22.9 Å². The van der Waals surface area contributed by atoms with Crippen LogP contribution in [0.25, 0.3) is 21.8 Å². The molecule has 2 heterocycles. The molecular weight excluding hydrogens is 287 g/mol. The third kappa shape index (κ3) is 2.01. The molecule has 1 aromatic carbocycles. The van der Waals surface area contributed by atoms with Crippen molar-refractivity contribution in [3.05, 3.63) is 46.6 Å². The Labute approximate surface area is 117 Å². The summed E-state index contributed by atoms with van der Waals surface area (Å²) in [6.45, 7) is 0. The number of hydrogen-bond donors (Lipinski definition) is 1. The molecule has 0 amide bonds. The lowest BCUT2D eigenvalue weighted by Crippen LogP contribution is -1.91. The highest BCUT2D eigenvalue weighted by molar-refractivity contribution is 7.13. The van der Waals surface area contributed by atoms with Crippen LogP contribution in [0, 0.1) is 5.82 Å². The lowest BCUT2D eigenvalue weighted by Gasteiger charge is -2.04. The maximum Gasteiger partial charge on any atom is 0.186 e. The molecule has 0 radical (unpaired) electrons. The molecule has 0 fully saturated rings. The van der Waals surface area contributed by atoms with Crippen molar-refractivity contribution in [1.82, 2.24) is 5.16 Å². The lowest BCUT2D eigenvalue weighted by atomic mass is 10.0. The zero-order valence-electron chi connectivity index (χ0n) is 9.56. The summed E-state index contributed by atoms with van der Waals surface area (Å²) < 4.78 is 19.3. The molecule has 0 aliphatic carbocycles. The summed E-state index contributed by atoms with van der Waals surface area (Å²) in [5.74, 6) is 0.0649. The number of rotatable bonds is 2. The van der Waals surface area contributed by atoms with Crippen molar-refractivity contribution in [2.24, 2.45) is 0 Å². The quantitative estimate of drug-likeness (QED) is 0.760. The van der Waals surface area contributed by atoms with Crippen LogP contribution in [0.3, 0.4) is 0 Å². The highest BCUT2D eigenvalue weighted by atomic mass is 35.5. The summed E-state index contributed by atoms with van der Waals surface area (Å²) in [5.41, 5.74) is 6.51. The van der Waals surface area contributed by atoms with Gasteiger partial charge < -0.3 is 10.3 Å². The van der Waals surface area contributed by atoms with Gasteiger partial charge in [0.15, 0.2) is 11.6 Å². The maximum atomic E-state index is 14.1. The standard InChI is InChI=1S/C13H8ClFN2OS/c14-8-4-1-3-7(11(8)15)10-12(18-17-13(10)16)9-5-2-6-19-9/h1-6H,(H2,16,17). The van der Waals surface area contributed by atoms with Gasteiger partial charge >= 0.3 is 0 Å². The van der Waals surface area contributed by atoms with Crippen molar-refractivity contribution in [2.75, 3.05) is 5.73 Å². The highest BCUT2D eigenvalue weighted by Crippen LogP contribution is 2.40.